The summed E-state index contributed by atoms with van der Waals surface area (Å²) in [5.74, 6) is 0. The summed E-state index contributed by atoms with van der Waals surface area (Å²) >= 11 is 0. The predicted molar refractivity (Wildman–Crippen MR) is 174 cm³/mol. The van der Waals surface area contributed by atoms with Crippen molar-refractivity contribution in [2.24, 2.45) is 0 Å². The Morgan fingerprint density at radius 2 is 1.14 bits per heavy atom. The SMILES string of the molecule is CC(C)=CCC/C(C)=C/C=C/C(C)=C/C=C/C=C(C)/C=C/C=C(C)/C=C/C=C(\C)CO[C@@H]1O[C@H](CO)[C@@H](O)[C@H](O)[C@H]1O. The third-order valence-electron chi connectivity index (χ3n) is 6.44. The highest BCUT2D eigenvalue weighted by Crippen LogP contribution is 2.22. The molecule has 1 fully saturated rings. The summed E-state index contributed by atoms with van der Waals surface area (Å²) in [5, 5.41) is 39.0. The van der Waals surface area contributed by atoms with Crippen LogP contribution in [0.4, 0.5) is 0 Å². The van der Waals surface area contributed by atoms with Gasteiger partial charge in [-0.1, -0.05) is 113 Å². The number of aliphatic hydroxyl groups excluding tert-OH is 4. The van der Waals surface area contributed by atoms with Crippen LogP contribution in [0.25, 0.3) is 0 Å². The van der Waals surface area contributed by atoms with Gasteiger partial charge in [0.1, 0.15) is 24.4 Å². The number of rotatable bonds is 15. The Labute approximate surface area is 253 Å². The molecule has 0 aromatic carbocycles. The molecule has 0 unspecified atom stereocenters. The van der Waals surface area contributed by atoms with E-state index in [0.29, 0.717) is 0 Å². The van der Waals surface area contributed by atoms with Crippen molar-refractivity contribution in [3.8, 4) is 0 Å². The van der Waals surface area contributed by atoms with Crippen LogP contribution in [-0.2, 0) is 9.47 Å². The van der Waals surface area contributed by atoms with Crippen LogP contribution in [0.2, 0.25) is 0 Å². The Balaban J connectivity index is 2.51. The zero-order chi connectivity index (χ0) is 31.5. The first-order chi connectivity index (χ1) is 19.9. The Kier molecular flexibility index (Phi) is 18.5. The molecule has 1 aliphatic heterocycles. The summed E-state index contributed by atoms with van der Waals surface area (Å²) in [6.45, 7) is 14.1. The van der Waals surface area contributed by atoms with Crippen LogP contribution in [0.3, 0.4) is 0 Å². The van der Waals surface area contributed by atoms with Crippen molar-refractivity contribution in [3.63, 3.8) is 0 Å². The molecule has 4 N–H and O–H groups in total. The van der Waals surface area contributed by atoms with E-state index < -0.39 is 37.3 Å². The largest absolute Gasteiger partial charge is 0.394 e. The molecule has 0 radical (unpaired) electrons. The Hall–Kier alpha value is -2.84. The molecule has 0 bridgehead atoms. The average molecular weight is 581 g/mol. The minimum absolute atomic E-state index is 0.159. The number of hydrogen-bond acceptors (Lipinski definition) is 6. The molecule has 1 heterocycles. The van der Waals surface area contributed by atoms with E-state index in [9.17, 15) is 20.4 Å². The van der Waals surface area contributed by atoms with Gasteiger partial charge in [-0.05, 0) is 66.9 Å². The molecule has 0 amide bonds. The van der Waals surface area contributed by atoms with Crippen molar-refractivity contribution in [1.82, 2.24) is 0 Å². The zero-order valence-corrected chi connectivity index (χ0v) is 26.4. The highest BCUT2D eigenvalue weighted by atomic mass is 16.7. The summed E-state index contributed by atoms with van der Waals surface area (Å²) in [7, 11) is 0. The molecule has 0 saturated carbocycles. The maximum atomic E-state index is 10.1. The van der Waals surface area contributed by atoms with E-state index in [0.717, 1.165) is 29.6 Å². The first kappa shape index (κ1) is 37.2. The second-order valence-electron chi connectivity index (χ2n) is 11.0. The number of ether oxygens (including phenoxy) is 2. The first-order valence-corrected chi connectivity index (χ1v) is 14.5. The monoisotopic (exact) mass is 580 g/mol. The van der Waals surface area contributed by atoms with Gasteiger partial charge in [-0.25, -0.2) is 0 Å². The fourth-order valence-corrected chi connectivity index (χ4v) is 3.80. The van der Waals surface area contributed by atoms with Crippen molar-refractivity contribution < 1.29 is 29.9 Å². The standard InChI is InChI=1S/C36H52O6/c1-26(2)14-10-17-29(5)20-11-18-27(3)15-8-9-16-28(4)19-12-21-30(6)22-13-23-31(7)25-41-36-35(40)34(39)33(38)32(24-37)42-36/h8-9,11-16,18-23,32-40H,10,17,24-25H2,1-7H3/b9-8+,18-11+,19-12+,22-13+,27-15+,28-16+,29-20+,30-21+,31-23+/t32-,33-,34+,35-,36-/m1/s1. The molecule has 5 atom stereocenters. The minimum Gasteiger partial charge on any atom is -0.394 e. The Bertz CT molecular complexity index is 1120. The van der Waals surface area contributed by atoms with Crippen molar-refractivity contribution >= 4 is 0 Å². The fraction of sp³-hybridized carbons (Fsp3) is 0.444. The molecule has 1 aliphatic rings. The maximum Gasteiger partial charge on any atom is 0.187 e. The van der Waals surface area contributed by atoms with Crippen molar-refractivity contribution in [2.45, 2.75) is 92.0 Å². The van der Waals surface area contributed by atoms with Gasteiger partial charge in [0.2, 0.25) is 0 Å². The molecule has 0 spiro atoms. The Morgan fingerprint density at radius 3 is 1.67 bits per heavy atom. The van der Waals surface area contributed by atoms with Gasteiger partial charge in [-0.3, -0.25) is 0 Å². The van der Waals surface area contributed by atoms with Crippen LogP contribution in [0.5, 0.6) is 0 Å². The van der Waals surface area contributed by atoms with Crippen LogP contribution in [-0.4, -0.2) is 64.3 Å². The number of aliphatic hydroxyl groups is 4. The van der Waals surface area contributed by atoms with E-state index in [1.165, 1.54) is 16.7 Å². The second-order valence-corrected chi connectivity index (χ2v) is 11.0. The molecular weight excluding hydrogens is 528 g/mol. The lowest BCUT2D eigenvalue weighted by Crippen LogP contribution is -2.59. The minimum atomic E-state index is -1.45. The van der Waals surface area contributed by atoms with Crippen molar-refractivity contribution in [2.75, 3.05) is 13.2 Å². The van der Waals surface area contributed by atoms with E-state index in [4.69, 9.17) is 9.47 Å². The van der Waals surface area contributed by atoms with E-state index >= 15 is 0 Å². The smallest absolute Gasteiger partial charge is 0.187 e. The summed E-state index contributed by atoms with van der Waals surface area (Å²) in [6.07, 6.45) is 24.6. The van der Waals surface area contributed by atoms with E-state index in [-0.39, 0.29) is 6.61 Å². The van der Waals surface area contributed by atoms with Gasteiger partial charge < -0.3 is 29.9 Å². The summed E-state index contributed by atoms with van der Waals surface area (Å²) in [6, 6.07) is 0. The highest BCUT2D eigenvalue weighted by Gasteiger charge is 2.43. The van der Waals surface area contributed by atoms with E-state index in [1.54, 1.807) is 0 Å². The topological polar surface area (TPSA) is 99.4 Å². The van der Waals surface area contributed by atoms with Gasteiger partial charge in [0.25, 0.3) is 0 Å². The van der Waals surface area contributed by atoms with Gasteiger partial charge in [-0.15, -0.1) is 0 Å². The molecule has 6 nitrogen and oxygen atoms in total. The quantitative estimate of drug-likeness (QED) is 0.130. The molecule has 0 aromatic rings. The second kappa shape index (κ2) is 20.9. The molecule has 1 rings (SSSR count). The van der Waals surface area contributed by atoms with Gasteiger partial charge in [0.05, 0.1) is 13.2 Å². The third kappa shape index (κ3) is 16.0. The maximum absolute atomic E-state index is 10.1. The third-order valence-corrected chi connectivity index (χ3v) is 6.44. The summed E-state index contributed by atoms with van der Waals surface area (Å²) < 4.78 is 10.9. The van der Waals surface area contributed by atoms with Crippen LogP contribution < -0.4 is 0 Å². The van der Waals surface area contributed by atoms with Gasteiger partial charge in [-0.2, -0.15) is 0 Å². The van der Waals surface area contributed by atoms with Gasteiger partial charge in [0.15, 0.2) is 6.29 Å². The summed E-state index contributed by atoms with van der Waals surface area (Å²) in [4.78, 5) is 0. The molecule has 42 heavy (non-hydrogen) atoms. The van der Waals surface area contributed by atoms with Crippen LogP contribution >= 0.6 is 0 Å². The molecule has 232 valence electrons. The molecule has 0 aromatic heterocycles. The molecule has 6 heteroatoms. The highest BCUT2D eigenvalue weighted by molar-refractivity contribution is 5.31. The van der Waals surface area contributed by atoms with Crippen molar-refractivity contribution in [3.05, 3.63) is 119 Å². The van der Waals surface area contributed by atoms with Gasteiger partial charge >= 0.3 is 0 Å². The lowest BCUT2D eigenvalue weighted by Gasteiger charge is -2.39. The van der Waals surface area contributed by atoms with Gasteiger partial charge in [0, 0.05) is 0 Å². The molecule has 1 saturated heterocycles. The Morgan fingerprint density at radius 1 is 0.643 bits per heavy atom. The number of hydrogen-bond donors (Lipinski definition) is 4. The lowest BCUT2D eigenvalue weighted by molar-refractivity contribution is -0.299. The van der Waals surface area contributed by atoms with Crippen LogP contribution in [0.15, 0.2) is 119 Å². The lowest BCUT2D eigenvalue weighted by atomic mass is 9.99. The predicted octanol–water partition coefficient (Wildman–Crippen LogP) is 6.51. The van der Waals surface area contributed by atoms with Crippen LogP contribution in [0.1, 0.15) is 61.3 Å². The molecular formula is C36H52O6. The fourth-order valence-electron chi connectivity index (χ4n) is 3.80. The average Bonchev–Trinajstić information content (AvgIpc) is 2.93. The van der Waals surface area contributed by atoms with Crippen LogP contribution in [0, 0.1) is 0 Å². The molecule has 0 aliphatic carbocycles. The summed E-state index contributed by atoms with van der Waals surface area (Å²) in [5.41, 5.74) is 7.02. The normalized spacial score (nSPS) is 25.5. The first-order valence-electron chi connectivity index (χ1n) is 14.5. The van der Waals surface area contributed by atoms with E-state index in [1.807, 2.05) is 56.4 Å². The van der Waals surface area contributed by atoms with Crippen molar-refractivity contribution in [1.29, 1.82) is 0 Å². The zero-order valence-electron chi connectivity index (χ0n) is 26.4. The number of allylic oxidation sites excluding steroid dienone is 19. The van der Waals surface area contributed by atoms with E-state index in [2.05, 4.69) is 77.2 Å².